The summed E-state index contributed by atoms with van der Waals surface area (Å²) >= 11 is 0. The van der Waals surface area contributed by atoms with E-state index in [1.54, 1.807) is 24.3 Å². The minimum absolute atomic E-state index is 0.0136. The molecule has 2 rings (SSSR count). The molecule has 4 N–H and O–H groups in total. The molecule has 6 heteroatoms. The fourth-order valence-corrected chi connectivity index (χ4v) is 1.26. The van der Waals surface area contributed by atoms with Crippen molar-refractivity contribution in [2.45, 2.75) is 6.61 Å². The summed E-state index contributed by atoms with van der Waals surface area (Å²) in [5.41, 5.74) is 6.85. The Morgan fingerprint density at radius 2 is 2.00 bits per heavy atom. The number of aliphatic hydroxyl groups is 1. The van der Waals surface area contributed by atoms with Crippen LogP contribution in [0.5, 0.6) is 0 Å². The van der Waals surface area contributed by atoms with Crippen LogP contribution in [0, 0.1) is 5.82 Å². The molecule has 0 spiro atoms. The summed E-state index contributed by atoms with van der Waals surface area (Å²) in [5, 5.41) is 11.8. The molecule has 0 aliphatic rings. The molecule has 17 heavy (non-hydrogen) atoms. The van der Waals surface area contributed by atoms with Crippen LogP contribution in [-0.4, -0.2) is 15.1 Å². The molecule has 0 atom stereocenters. The maximum absolute atomic E-state index is 12.8. The van der Waals surface area contributed by atoms with Gasteiger partial charge in [0, 0.05) is 5.69 Å². The predicted octanol–water partition coefficient (Wildman–Crippen LogP) is 1.43. The summed E-state index contributed by atoms with van der Waals surface area (Å²) < 4.78 is 12.8. The van der Waals surface area contributed by atoms with Crippen molar-refractivity contribution in [3.8, 4) is 0 Å². The first-order valence-electron chi connectivity index (χ1n) is 4.94. The van der Waals surface area contributed by atoms with Crippen LogP contribution in [0.1, 0.15) is 5.56 Å². The lowest BCUT2D eigenvalue weighted by molar-refractivity contribution is 0.282. The number of nitrogens with two attached hydrogens (primary N) is 1. The molecule has 1 heterocycles. The second-order valence-corrected chi connectivity index (χ2v) is 3.41. The summed E-state index contributed by atoms with van der Waals surface area (Å²) in [6, 6.07) is 7.04. The number of hydrogen-bond acceptors (Lipinski definition) is 5. The quantitative estimate of drug-likeness (QED) is 0.748. The molecule has 0 saturated carbocycles. The number of hydrogen-bond donors (Lipinski definition) is 3. The SMILES string of the molecule is Nc1nc(Nc2ccc(CO)cc2)ncc1F. The van der Waals surface area contributed by atoms with Crippen molar-refractivity contribution >= 4 is 17.5 Å². The van der Waals surface area contributed by atoms with E-state index in [-0.39, 0.29) is 18.4 Å². The van der Waals surface area contributed by atoms with Gasteiger partial charge >= 0.3 is 0 Å². The van der Waals surface area contributed by atoms with Crippen LogP contribution in [0.2, 0.25) is 0 Å². The maximum Gasteiger partial charge on any atom is 0.229 e. The highest BCUT2D eigenvalue weighted by atomic mass is 19.1. The van der Waals surface area contributed by atoms with E-state index in [0.29, 0.717) is 0 Å². The summed E-state index contributed by atoms with van der Waals surface area (Å²) in [7, 11) is 0. The van der Waals surface area contributed by atoms with Crippen LogP contribution in [0.15, 0.2) is 30.5 Å². The molecular formula is C11H11FN4O. The van der Waals surface area contributed by atoms with E-state index in [0.717, 1.165) is 17.4 Å². The zero-order valence-corrected chi connectivity index (χ0v) is 8.89. The monoisotopic (exact) mass is 234 g/mol. The zero-order chi connectivity index (χ0) is 12.3. The summed E-state index contributed by atoms with van der Waals surface area (Å²) in [4.78, 5) is 7.49. The number of nitrogens with one attached hydrogen (secondary N) is 1. The van der Waals surface area contributed by atoms with E-state index in [1.807, 2.05) is 0 Å². The van der Waals surface area contributed by atoms with E-state index in [9.17, 15) is 4.39 Å². The third kappa shape index (κ3) is 2.67. The highest BCUT2D eigenvalue weighted by Gasteiger charge is 2.03. The van der Waals surface area contributed by atoms with E-state index in [2.05, 4.69) is 15.3 Å². The Balaban J connectivity index is 2.16. The van der Waals surface area contributed by atoms with E-state index in [1.165, 1.54) is 0 Å². The summed E-state index contributed by atoms with van der Waals surface area (Å²) in [5.74, 6) is -0.624. The average molecular weight is 234 g/mol. The molecule has 0 bridgehead atoms. The van der Waals surface area contributed by atoms with E-state index in [4.69, 9.17) is 10.8 Å². The van der Waals surface area contributed by atoms with Crippen molar-refractivity contribution in [1.82, 2.24) is 9.97 Å². The predicted molar refractivity (Wildman–Crippen MR) is 62.0 cm³/mol. The number of benzene rings is 1. The van der Waals surface area contributed by atoms with Crippen molar-refractivity contribution in [3.63, 3.8) is 0 Å². The summed E-state index contributed by atoms with van der Waals surface area (Å²) in [6.07, 6.45) is 1.01. The molecule has 0 amide bonds. The number of nitrogen functional groups attached to an aromatic ring is 1. The van der Waals surface area contributed by atoms with Gasteiger partial charge in [-0.15, -0.1) is 0 Å². The standard InChI is InChI=1S/C11H11FN4O/c12-9-5-14-11(16-10(9)13)15-8-3-1-7(6-17)2-4-8/h1-5,17H,6H2,(H3,13,14,15,16). The van der Waals surface area contributed by atoms with E-state index < -0.39 is 5.82 Å². The van der Waals surface area contributed by atoms with Gasteiger partial charge in [-0.25, -0.2) is 9.37 Å². The molecular weight excluding hydrogens is 223 g/mol. The third-order valence-corrected chi connectivity index (χ3v) is 2.16. The lowest BCUT2D eigenvalue weighted by atomic mass is 10.2. The first kappa shape index (κ1) is 11.3. The zero-order valence-electron chi connectivity index (χ0n) is 8.89. The van der Waals surface area contributed by atoms with Gasteiger partial charge in [-0.3, -0.25) is 0 Å². The lowest BCUT2D eigenvalue weighted by Gasteiger charge is -2.05. The third-order valence-electron chi connectivity index (χ3n) is 2.16. The molecule has 1 aromatic heterocycles. The summed E-state index contributed by atoms with van der Waals surface area (Å²) in [6.45, 7) is -0.0136. The van der Waals surface area contributed by atoms with Gasteiger partial charge in [-0.1, -0.05) is 12.1 Å². The van der Waals surface area contributed by atoms with Crippen molar-refractivity contribution < 1.29 is 9.50 Å². The van der Waals surface area contributed by atoms with Gasteiger partial charge < -0.3 is 16.2 Å². The van der Waals surface area contributed by atoms with Crippen molar-refractivity contribution in [1.29, 1.82) is 0 Å². The maximum atomic E-state index is 12.8. The van der Waals surface area contributed by atoms with Crippen LogP contribution in [-0.2, 0) is 6.61 Å². The first-order chi connectivity index (χ1) is 8.19. The van der Waals surface area contributed by atoms with Crippen molar-refractivity contribution in [2.24, 2.45) is 0 Å². The molecule has 5 nitrogen and oxygen atoms in total. The van der Waals surface area contributed by atoms with Gasteiger partial charge in [0.2, 0.25) is 5.95 Å². The van der Waals surface area contributed by atoms with E-state index >= 15 is 0 Å². The number of rotatable bonds is 3. The van der Waals surface area contributed by atoms with Gasteiger partial charge in [-0.05, 0) is 17.7 Å². The number of aromatic nitrogens is 2. The minimum Gasteiger partial charge on any atom is -0.392 e. The lowest BCUT2D eigenvalue weighted by Crippen LogP contribution is -2.02. The number of halogens is 1. The van der Waals surface area contributed by atoms with Crippen LogP contribution in [0.4, 0.5) is 21.8 Å². The molecule has 1 aromatic carbocycles. The molecule has 0 unspecified atom stereocenters. The Morgan fingerprint density at radius 3 is 2.59 bits per heavy atom. The highest BCUT2D eigenvalue weighted by Crippen LogP contribution is 2.15. The van der Waals surface area contributed by atoms with Crippen LogP contribution < -0.4 is 11.1 Å². The van der Waals surface area contributed by atoms with Crippen molar-refractivity contribution in [3.05, 3.63) is 41.8 Å². The van der Waals surface area contributed by atoms with Crippen LogP contribution in [0.3, 0.4) is 0 Å². The van der Waals surface area contributed by atoms with Gasteiger partial charge in [0.1, 0.15) is 0 Å². The molecule has 0 aliphatic heterocycles. The topological polar surface area (TPSA) is 84.1 Å². The fraction of sp³-hybridized carbons (Fsp3) is 0.0909. The highest BCUT2D eigenvalue weighted by molar-refractivity contribution is 5.54. The van der Waals surface area contributed by atoms with Crippen LogP contribution >= 0.6 is 0 Å². The Kier molecular flexibility index (Phi) is 3.15. The van der Waals surface area contributed by atoms with Crippen molar-refractivity contribution in [2.75, 3.05) is 11.1 Å². The Hall–Kier alpha value is -2.21. The largest absolute Gasteiger partial charge is 0.392 e. The average Bonchev–Trinajstić information content (AvgIpc) is 2.35. The number of anilines is 3. The number of nitrogens with zero attached hydrogens (tertiary/aromatic N) is 2. The minimum atomic E-state index is -0.647. The van der Waals surface area contributed by atoms with Gasteiger partial charge in [0.05, 0.1) is 12.8 Å². The molecule has 0 saturated heterocycles. The molecule has 88 valence electrons. The molecule has 0 fully saturated rings. The molecule has 0 radical (unpaired) electrons. The molecule has 0 aliphatic carbocycles. The molecule has 2 aromatic rings. The van der Waals surface area contributed by atoms with Crippen LogP contribution in [0.25, 0.3) is 0 Å². The normalized spacial score (nSPS) is 10.2. The van der Waals surface area contributed by atoms with Gasteiger partial charge in [-0.2, -0.15) is 4.98 Å². The fourth-order valence-electron chi connectivity index (χ4n) is 1.26. The second-order valence-electron chi connectivity index (χ2n) is 3.41. The first-order valence-corrected chi connectivity index (χ1v) is 4.94. The second kappa shape index (κ2) is 4.75. The Labute approximate surface area is 97.1 Å². The van der Waals surface area contributed by atoms with Gasteiger partial charge in [0.15, 0.2) is 11.6 Å². The van der Waals surface area contributed by atoms with Gasteiger partial charge in [0.25, 0.3) is 0 Å². The Bertz CT molecular complexity index is 515. The number of aliphatic hydroxyl groups excluding tert-OH is 1. The Morgan fingerprint density at radius 1 is 1.29 bits per heavy atom. The smallest absolute Gasteiger partial charge is 0.229 e.